The zero-order valence-corrected chi connectivity index (χ0v) is 16.9. The van der Waals surface area contributed by atoms with Gasteiger partial charge in [-0.3, -0.25) is 9.59 Å². The fraction of sp³-hybridized carbons (Fsp3) is 0.286. The van der Waals surface area contributed by atoms with Crippen LogP contribution in [-0.4, -0.2) is 30.2 Å². The van der Waals surface area contributed by atoms with Gasteiger partial charge in [0.05, 0.1) is 12.3 Å². The van der Waals surface area contributed by atoms with E-state index in [1.807, 2.05) is 24.3 Å². The molecule has 2 aromatic carbocycles. The summed E-state index contributed by atoms with van der Waals surface area (Å²) in [6, 6.07) is 14.4. The Morgan fingerprint density at radius 1 is 1.07 bits per heavy atom. The number of ether oxygens (including phenoxy) is 1. The van der Waals surface area contributed by atoms with Crippen molar-refractivity contribution in [3.05, 3.63) is 58.6 Å². The molecule has 2 atom stereocenters. The predicted octanol–water partition coefficient (Wildman–Crippen LogP) is 3.92. The average molecular weight is 443 g/mol. The summed E-state index contributed by atoms with van der Waals surface area (Å²) in [4.78, 5) is 32.4. The van der Waals surface area contributed by atoms with Crippen molar-refractivity contribution in [1.82, 2.24) is 0 Å². The number of halogens is 1. The van der Waals surface area contributed by atoms with Crippen LogP contribution < -0.4 is 9.64 Å². The van der Waals surface area contributed by atoms with Crippen LogP contribution >= 0.6 is 15.9 Å². The van der Waals surface area contributed by atoms with Gasteiger partial charge in [0.2, 0.25) is 12.0 Å². The molecular weight excluding hydrogens is 424 g/mol. The van der Waals surface area contributed by atoms with E-state index in [9.17, 15) is 9.59 Å². The monoisotopic (exact) mass is 442 g/mol. The Hall–Kier alpha value is -2.67. The lowest BCUT2D eigenvalue weighted by atomic mass is 9.94. The number of hydrogen-bond acceptors (Lipinski definition) is 5. The zero-order valence-electron chi connectivity index (χ0n) is 15.3. The van der Waals surface area contributed by atoms with E-state index >= 15 is 0 Å². The minimum atomic E-state index is -0.911. The van der Waals surface area contributed by atoms with Gasteiger partial charge in [0.15, 0.2) is 0 Å². The standard InChI is InChI=1S/C21H19BrN2O4/c1-2-3-12-27-16-10-8-15(9-11-16)24-20(25)17-18(23-28-19(17)21(24)26)13-4-6-14(22)7-5-13/h4-11,17,19H,2-3,12H2,1H3/t17-,19+/m0/s1. The Balaban J connectivity index is 1.55. The van der Waals surface area contributed by atoms with Crippen molar-refractivity contribution in [3.63, 3.8) is 0 Å². The van der Waals surface area contributed by atoms with Crippen molar-refractivity contribution < 1.29 is 19.2 Å². The fourth-order valence-corrected chi connectivity index (χ4v) is 3.58. The van der Waals surface area contributed by atoms with Gasteiger partial charge in [-0.05, 0) is 42.8 Å². The Morgan fingerprint density at radius 3 is 2.46 bits per heavy atom. The zero-order chi connectivity index (χ0) is 19.7. The average Bonchev–Trinajstić information content (AvgIpc) is 3.24. The van der Waals surface area contributed by atoms with Crippen molar-refractivity contribution in [2.45, 2.75) is 25.9 Å². The lowest BCUT2D eigenvalue weighted by molar-refractivity contribution is -0.126. The first-order chi connectivity index (χ1) is 13.6. The molecule has 28 heavy (non-hydrogen) atoms. The predicted molar refractivity (Wildman–Crippen MR) is 108 cm³/mol. The van der Waals surface area contributed by atoms with Crippen LogP contribution in [0.4, 0.5) is 5.69 Å². The molecule has 144 valence electrons. The van der Waals surface area contributed by atoms with Gasteiger partial charge in [0, 0.05) is 10.0 Å². The molecule has 0 unspecified atom stereocenters. The van der Waals surface area contributed by atoms with Crippen LogP contribution in [-0.2, 0) is 14.4 Å². The molecule has 0 radical (unpaired) electrons. The van der Waals surface area contributed by atoms with Gasteiger partial charge in [-0.15, -0.1) is 0 Å². The number of carbonyl (C=O) groups is 2. The molecule has 0 aromatic heterocycles. The van der Waals surface area contributed by atoms with Crippen LogP contribution in [0.1, 0.15) is 25.3 Å². The number of anilines is 1. The molecule has 2 heterocycles. The molecule has 0 saturated carbocycles. The summed E-state index contributed by atoms with van der Waals surface area (Å²) < 4.78 is 6.56. The Morgan fingerprint density at radius 2 is 1.79 bits per heavy atom. The van der Waals surface area contributed by atoms with E-state index in [2.05, 4.69) is 28.0 Å². The van der Waals surface area contributed by atoms with Gasteiger partial charge in [-0.1, -0.05) is 46.6 Å². The van der Waals surface area contributed by atoms with Crippen molar-refractivity contribution in [2.24, 2.45) is 11.1 Å². The number of benzene rings is 2. The van der Waals surface area contributed by atoms with Crippen molar-refractivity contribution in [1.29, 1.82) is 0 Å². The second-order valence-electron chi connectivity index (χ2n) is 6.69. The molecule has 0 aliphatic carbocycles. The highest BCUT2D eigenvalue weighted by Crippen LogP contribution is 2.35. The van der Waals surface area contributed by atoms with Crippen molar-refractivity contribution >= 4 is 39.1 Å². The summed E-state index contributed by atoms with van der Waals surface area (Å²) in [5.74, 6) is -0.738. The van der Waals surface area contributed by atoms with Crippen LogP contribution in [0, 0.1) is 5.92 Å². The smallest absolute Gasteiger partial charge is 0.278 e. The van der Waals surface area contributed by atoms with Crippen LogP contribution in [0.2, 0.25) is 0 Å². The molecule has 7 heteroatoms. The van der Waals surface area contributed by atoms with Gasteiger partial charge in [-0.2, -0.15) is 0 Å². The van der Waals surface area contributed by atoms with Crippen LogP contribution in [0.5, 0.6) is 5.75 Å². The minimum absolute atomic E-state index is 0.325. The molecule has 4 rings (SSSR count). The highest BCUT2D eigenvalue weighted by molar-refractivity contribution is 9.10. The number of hydrogen-bond donors (Lipinski definition) is 0. The number of fused-ring (bicyclic) bond motifs is 1. The molecule has 0 N–H and O–H groups in total. The maximum absolute atomic E-state index is 13.0. The van der Waals surface area contributed by atoms with Crippen molar-refractivity contribution in [3.8, 4) is 5.75 Å². The van der Waals surface area contributed by atoms with E-state index < -0.39 is 17.9 Å². The summed E-state index contributed by atoms with van der Waals surface area (Å²) in [6.45, 7) is 2.74. The van der Waals surface area contributed by atoms with Gasteiger partial charge < -0.3 is 9.57 Å². The molecule has 0 bridgehead atoms. The number of carbonyl (C=O) groups excluding carboxylic acids is 2. The van der Waals surface area contributed by atoms with Gasteiger partial charge in [0.1, 0.15) is 17.4 Å². The highest BCUT2D eigenvalue weighted by atomic mass is 79.9. The first-order valence-corrected chi connectivity index (χ1v) is 9.99. The van der Waals surface area contributed by atoms with Crippen molar-refractivity contribution in [2.75, 3.05) is 11.5 Å². The maximum Gasteiger partial charge on any atom is 0.278 e. The van der Waals surface area contributed by atoms with Crippen LogP contribution in [0.25, 0.3) is 0 Å². The Kier molecular flexibility index (Phi) is 5.17. The summed E-state index contributed by atoms with van der Waals surface area (Å²) in [7, 11) is 0. The van der Waals surface area contributed by atoms with Gasteiger partial charge >= 0.3 is 0 Å². The molecule has 2 aliphatic heterocycles. The molecule has 2 aromatic rings. The number of unbranched alkanes of at least 4 members (excludes halogenated alkanes) is 1. The van der Waals surface area contributed by atoms with E-state index in [-0.39, 0.29) is 5.91 Å². The summed E-state index contributed by atoms with van der Waals surface area (Å²) in [6.07, 6.45) is 1.12. The second-order valence-corrected chi connectivity index (χ2v) is 7.61. The summed E-state index contributed by atoms with van der Waals surface area (Å²) in [5, 5.41) is 4.02. The van der Waals surface area contributed by atoms with Crippen LogP contribution in [0.15, 0.2) is 58.2 Å². The minimum Gasteiger partial charge on any atom is -0.494 e. The number of nitrogens with zero attached hydrogens (tertiary/aromatic N) is 2. The fourth-order valence-electron chi connectivity index (χ4n) is 3.32. The number of amides is 2. The van der Waals surface area contributed by atoms with E-state index in [0.717, 1.165) is 22.9 Å². The largest absolute Gasteiger partial charge is 0.494 e. The second kappa shape index (κ2) is 7.75. The van der Waals surface area contributed by atoms with E-state index in [1.54, 1.807) is 24.3 Å². The lowest BCUT2D eigenvalue weighted by Gasteiger charge is -2.16. The third-order valence-electron chi connectivity index (χ3n) is 4.81. The van der Waals surface area contributed by atoms with Crippen LogP contribution in [0.3, 0.4) is 0 Å². The summed E-state index contributed by atoms with van der Waals surface area (Å²) >= 11 is 3.39. The highest BCUT2D eigenvalue weighted by Gasteiger charge is 2.56. The molecule has 1 fully saturated rings. The van der Waals surface area contributed by atoms with E-state index in [4.69, 9.17) is 9.57 Å². The first-order valence-electron chi connectivity index (χ1n) is 9.20. The topological polar surface area (TPSA) is 68.2 Å². The third-order valence-corrected chi connectivity index (χ3v) is 5.34. The lowest BCUT2D eigenvalue weighted by Crippen LogP contribution is -2.33. The molecule has 1 saturated heterocycles. The normalized spacial score (nSPS) is 20.8. The number of imide groups is 1. The molecule has 6 nitrogen and oxygen atoms in total. The SMILES string of the molecule is CCCCOc1ccc(N2C(=O)[C@H]3C(c4ccc(Br)cc4)=NO[C@H]3C2=O)cc1. The van der Waals surface area contributed by atoms with E-state index in [1.165, 1.54) is 4.90 Å². The summed E-state index contributed by atoms with van der Waals surface area (Å²) in [5.41, 5.74) is 1.75. The first kappa shape index (κ1) is 18.7. The maximum atomic E-state index is 13.0. The third kappa shape index (κ3) is 3.30. The number of oxime groups is 1. The quantitative estimate of drug-likeness (QED) is 0.502. The Bertz CT molecular complexity index is 924. The van der Waals surface area contributed by atoms with E-state index in [0.29, 0.717) is 23.8 Å². The molecule has 0 spiro atoms. The Labute approximate surface area is 171 Å². The number of rotatable bonds is 6. The molecule has 2 aliphatic rings. The molecule has 2 amide bonds. The van der Waals surface area contributed by atoms with Gasteiger partial charge in [-0.25, -0.2) is 4.90 Å². The van der Waals surface area contributed by atoms with Gasteiger partial charge in [0.25, 0.3) is 5.91 Å². The molecular formula is C21H19BrN2O4.